The van der Waals surface area contributed by atoms with Crippen LogP contribution in [0.5, 0.6) is 0 Å². The molecule has 0 aliphatic heterocycles. The summed E-state index contributed by atoms with van der Waals surface area (Å²) in [6, 6.07) is 4.10. The predicted octanol–water partition coefficient (Wildman–Crippen LogP) is 2.56. The number of nitro groups is 1. The van der Waals surface area contributed by atoms with E-state index >= 15 is 0 Å². The fourth-order valence-corrected chi connectivity index (χ4v) is 2.83. The van der Waals surface area contributed by atoms with Crippen molar-refractivity contribution in [1.82, 2.24) is 0 Å². The van der Waals surface area contributed by atoms with Crippen LogP contribution in [0, 0.1) is 22.0 Å². The summed E-state index contributed by atoms with van der Waals surface area (Å²) in [6.07, 6.45) is 2.64. The Labute approximate surface area is 121 Å². The van der Waals surface area contributed by atoms with Crippen LogP contribution in [0.3, 0.4) is 0 Å². The van der Waals surface area contributed by atoms with E-state index in [9.17, 15) is 14.9 Å². The zero-order valence-corrected chi connectivity index (χ0v) is 11.6. The summed E-state index contributed by atoms with van der Waals surface area (Å²) in [4.78, 5) is 22.6. The van der Waals surface area contributed by atoms with Gasteiger partial charge in [-0.1, -0.05) is 18.0 Å². The SMILES string of the molecule is NCC1CCCC1C(=O)Nc1cc(Cl)ccc1[N+](=O)[O-]. The van der Waals surface area contributed by atoms with Gasteiger partial charge in [0.2, 0.25) is 5.91 Å². The summed E-state index contributed by atoms with van der Waals surface area (Å²) < 4.78 is 0. The quantitative estimate of drug-likeness (QED) is 0.659. The van der Waals surface area contributed by atoms with Crippen molar-refractivity contribution in [3.8, 4) is 0 Å². The molecule has 0 aromatic heterocycles. The van der Waals surface area contributed by atoms with E-state index in [0.29, 0.717) is 11.6 Å². The minimum absolute atomic E-state index is 0.134. The van der Waals surface area contributed by atoms with Crippen LogP contribution in [0.4, 0.5) is 11.4 Å². The van der Waals surface area contributed by atoms with E-state index in [4.69, 9.17) is 17.3 Å². The molecule has 0 heterocycles. The summed E-state index contributed by atoms with van der Waals surface area (Å²) in [6.45, 7) is 0.454. The number of halogens is 1. The van der Waals surface area contributed by atoms with Gasteiger partial charge < -0.3 is 11.1 Å². The molecule has 1 aliphatic carbocycles. The molecule has 1 aliphatic rings. The Morgan fingerprint density at radius 2 is 2.25 bits per heavy atom. The van der Waals surface area contributed by atoms with Gasteiger partial charge in [0.05, 0.1) is 4.92 Å². The third kappa shape index (κ3) is 3.08. The fraction of sp³-hybridized carbons (Fsp3) is 0.462. The molecule has 7 heteroatoms. The number of nitro benzene ring substituents is 1. The number of nitrogens with two attached hydrogens (primary N) is 1. The second kappa shape index (κ2) is 6.19. The van der Waals surface area contributed by atoms with Crippen molar-refractivity contribution < 1.29 is 9.72 Å². The van der Waals surface area contributed by atoms with Crippen molar-refractivity contribution in [3.63, 3.8) is 0 Å². The van der Waals surface area contributed by atoms with Crippen molar-refractivity contribution in [2.75, 3.05) is 11.9 Å². The number of carbonyl (C=O) groups is 1. The molecular formula is C13H16ClN3O3. The van der Waals surface area contributed by atoms with E-state index < -0.39 is 4.92 Å². The van der Waals surface area contributed by atoms with Crippen molar-refractivity contribution in [3.05, 3.63) is 33.3 Å². The molecule has 0 bridgehead atoms. The van der Waals surface area contributed by atoms with E-state index in [0.717, 1.165) is 19.3 Å². The predicted molar refractivity (Wildman–Crippen MR) is 76.6 cm³/mol. The van der Waals surface area contributed by atoms with Gasteiger partial charge in [-0.25, -0.2) is 0 Å². The lowest BCUT2D eigenvalue weighted by Crippen LogP contribution is -2.29. The molecule has 1 saturated carbocycles. The highest BCUT2D eigenvalue weighted by molar-refractivity contribution is 6.31. The number of carbonyl (C=O) groups excluding carboxylic acids is 1. The highest BCUT2D eigenvalue weighted by Gasteiger charge is 2.32. The fourth-order valence-electron chi connectivity index (χ4n) is 2.66. The van der Waals surface area contributed by atoms with Crippen LogP contribution in [-0.2, 0) is 4.79 Å². The van der Waals surface area contributed by atoms with Crippen molar-refractivity contribution >= 4 is 28.9 Å². The Morgan fingerprint density at radius 1 is 1.50 bits per heavy atom. The molecule has 0 saturated heterocycles. The van der Waals surface area contributed by atoms with Crippen LogP contribution in [0.25, 0.3) is 0 Å². The molecule has 2 rings (SSSR count). The molecule has 0 radical (unpaired) electrons. The van der Waals surface area contributed by atoms with Gasteiger partial charge in [-0.2, -0.15) is 0 Å². The molecule has 1 fully saturated rings. The summed E-state index contributed by atoms with van der Waals surface area (Å²) in [5, 5.41) is 13.9. The minimum Gasteiger partial charge on any atom is -0.330 e. The van der Waals surface area contributed by atoms with E-state index in [1.807, 2.05) is 0 Å². The Morgan fingerprint density at radius 3 is 2.90 bits per heavy atom. The van der Waals surface area contributed by atoms with Gasteiger partial charge in [-0.3, -0.25) is 14.9 Å². The van der Waals surface area contributed by atoms with Crippen molar-refractivity contribution in [1.29, 1.82) is 0 Å². The second-order valence-electron chi connectivity index (χ2n) is 4.94. The van der Waals surface area contributed by atoms with Crippen molar-refractivity contribution in [2.45, 2.75) is 19.3 Å². The molecule has 6 nitrogen and oxygen atoms in total. The van der Waals surface area contributed by atoms with Crippen LogP contribution >= 0.6 is 11.6 Å². The van der Waals surface area contributed by atoms with Gasteiger partial charge in [-0.05, 0) is 37.4 Å². The number of benzene rings is 1. The summed E-state index contributed by atoms with van der Waals surface area (Å²) in [7, 11) is 0. The van der Waals surface area contributed by atoms with E-state index in [2.05, 4.69) is 5.32 Å². The third-order valence-corrected chi connectivity index (χ3v) is 3.95. The Balaban J connectivity index is 2.19. The standard InChI is InChI=1S/C13H16ClN3O3/c14-9-4-5-12(17(19)20)11(6-9)16-13(18)10-3-1-2-8(10)7-15/h4-6,8,10H,1-3,7,15H2,(H,16,18). The maximum absolute atomic E-state index is 12.2. The number of rotatable bonds is 4. The van der Waals surface area contributed by atoms with Gasteiger partial charge in [0.15, 0.2) is 0 Å². The lowest BCUT2D eigenvalue weighted by atomic mass is 9.95. The number of hydrogen-bond acceptors (Lipinski definition) is 4. The molecule has 3 N–H and O–H groups in total. The van der Waals surface area contributed by atoms with Crippen LogP contribution in [0.1, 0.15) is 19.3 Å². The van der Waals surface area contributed by atoms with E-state index in [1.54, 1.807) is 0 Å². The van der Waals surface area contributed by atoms with E-state index in [1.165, 1.54) is 18.2 Å². The minimum atomic E-state index is -0.541. The topological polar surface area (TPSA) is 98.3 Å². The third-order valence-electron chi connectivity index (χ3n) is 3.71. The summed E-state index contributed by atoms with van der Waals surface area (Å²) >= 11 is 5.83. The smallest absolute Gasteiger partial charge is 0.292 e. The molecule has 2 atom stereocenters. The van der Waals surface area contributed by atoms with Crippen LogP contribution in [-0.4, -0.2) is 17.4 Å². The Kier molecular flexibility index (Phi) is 4.57. The zero-order valence-electron chi connectivity index (χ0n) is 10.8. The monoisotopic (exact) mass is 297 g/mol. The number of amides is 1. The molecule has 0 spiro atoms. The largest absolute Gasteiger partial charge is 0.330 e. The first kappa shape index (κ1) is 14.7. The molecule has 1 aromatic rings. The average Bonchev–Trinajstić information content (AvgIpc) is 2.86. The number of hydrogen-bond donors (Lipinski definition) is 2. The molecule has 108 valence electrons. The lowest BCUT2D eigenvalue weighted by molar-refractivity contribution is -0.383. The first-order valence-electron chi connectivity index (χ1n) is 6.47. The maximum Gasteiger partial charge on any atom is 0.292 e. The molecule has 1 amide bonds. The average molecular weight is 298 g/mol. The van der Waals surface area contributed by atoms with Gasteiger partial charge in [-0.15, -0.1) is 0 Å². The Hall–Kier alpha value is -1.66. The molecule has 1 aromatic carbocycles. The normalized spacial score (nSPS) is 21.7. The summed E-state index contributed by atoms with van der Waals surface area (Å²) in [5.74, 6) is -0.254. The summed E-state index contributed by atoms with van der Waals surface area (Å²) in [5.41, 5.74) is 5.62. The molecule has 20 heavy (non-hydrogen) atoms. The number of nitrogens with one attached hydrogen (secondary N) is 1. The van der Waals surface area contributed by atoms with E-state index in [-0.39, 0.29) is 29.1 Å². The Bertz CT molecular complexity index is 536. The molecular weight excluding hydrogens is 282 g/mol. The van der Waals surface area contributed by atoms with Crippen molar-refractivity contribution in [2.24, 2.45) is 17.6 Å². The number of anilines is 1. The van der Waals surface area contributed by atoms with Gasteiger partial charge in [0.1, 0.15) is 5.69 Å². The highest BCUT2D eigenvalue weighted by Crippen LogP contribution is 2.33. The van der Waals surface area contributed by atoms with Crippen LogP contribution in [0.2, 0.25) is 5.02 Å². The van der Waals surface area contributed by atoms with Gasteiger partial charge in [0.25, 0.3) is 5.69 Å². The van der Waals surface area contributed by atoms with Crippen LogP contribution < -0.4 is 11.1 Å². The zero-order chi connectivity index (χ0) is 14.7. The van der Waals surface area contributed by atoms with Crippen LogP contribution in [0.15, 0.2) is 18.2 Å². The number of nitrogens with zero attached hydrogens (tertiary/aromatic N) is 1. The first-order chi connectivity index (χ1) is 9.52. The maximum atomic E-state index is 12.2. The van der Waals surface area contributed by atoms with Gasteiger partial charge in [0, 0.05) is 17.0 Å². The highest BCUT2D eigenvalue weighted by atomic mass is 35.5. The second-order valence-corrected chi connectivity index (χ2v) is 5.38. The first-order valence-corrected chi connectivity index (χ1v) is 6.85. The molecule has 2 unspecified atom stereocenters. The lowest BCUT2D eigenvalue weighted by Gasteiger charge is -2.17. The van der Waals surface area contributed by atoms with Gasteiger partial charge >= 0.3 is 0 Å².